The Morgan fingerprint density at radius 1 is 0.711 bits per heavy atom. The van der Waals surface area contributed by atoms with Gasteiger partial charge in [-0.3, -0.25) is 9.98 Å². The van der Waals surface area contributed by atoms with Crippen LogP contribution in [0.2, 0.25) is 0 Å². The van der Waals surface area contributed by atoms with E-state index in [1.165, 1.54) is 24.5 Å². The summed E-state index contributed by atoms with van der Waals surface area (Å²) in [6.45, 7) is 14.6. The van der Waals surface area contributed by atoms with Gasteiger partial charge in [0.05, 0.1) is 0 Å². The number of carbonyl (C=O) groups is 4. The smallest absolute Gasteiger partial charge is 0.542 e. The van der Waals surface area contributed by atoms with Gasteiger partial charge in [-0.05, 0) is 67.5 Å². The average molecular weight is 674 g/mol. The Morgan fingerprint density at radius 2 is 1.00 bits per heavy atom. The Bertz CT molecular complexity index is 1200. The molecular formula is C28H42MnN8O8. The Hall–Kier alpha value is -4.76. The molecule has 0 aliphatic carbocycles. The minimum atomic E-state index is -1.25. The number of hydrogen-bond acceptors (Lipinski definition) is 10. The fourth-order valence-corrected chi connectivity index (χ4v) is 2.73. The summed E-state index contributed by atoms with van der Waals surface area (Å²) in [5.41, 5.74) is 0.921. The number of aromatic carboxylic acids is 2. The molecule has 1 radical (unpaired) electrons. The van der Waals surface area contributed by atoms with Gasteiger partial charge >= 0.3 is 29.0 Å². The zero-order valence-corrected chi connectivity index (χ0v) is 27.6. The van der Waals surface area contributed by atoms with Crippen molar-refractivity contribution in [2.24, 2.45) is 9.98 Å². The van der Waals surface area contributed by atoms with Crippen molar-refractivity contribution in [1.82, 2.24) is 20.6 Å². The zero-order chi connectivity index (χ0) is 34.6. The molecule has 0 atom stereocenters. The second-order valence-electron chi connectivity index (χ2n) is 9.83. The molecule has 0 aliphatic heterocycles. The van der Waals surface area contributed by atoms with Gasteiger partial charge in [-0.25, -0.2) is 9.59 Å². The van der Waals surface area contributed by atoms with Crippen LogP contribution in [0.25, 0.3) is 0 Å². The summed E-state index contributed by atoms with van der Waals surface area (Å²) in [7, 11) is 0. The number of aromatic amines is 2. The second kappa shape index (κ2) is 23.7. The van der Waals surface area contributed by atoms with Gasteiger partial charge in [0, 0.05) is 60.1 Å². The Kier molecular flexibility index (Phi) is 23.5. The average Bonchev–Trinajstić information content (AvgIpc) is 3.57. The van der Waals surface area contributed by atoms with Gasteiger partial charge in [0.2, 0.25) is 0 Å². The normalized spacial score (nSPS) is 10.7. The van der Waals surface area contributed by atoms with E-state index in [1.807, 2.05) is 55.4 Å². The number of hydrogen-bond donors (Lipinski definition) is 8. The zero-order valence-electron chi connectivity index (χ0n) is 26.4. The fourth-order valence-electron chi connectivity index (χ4n) is 2.73. The number of amidine groups is 2. The van der Waals surface area contributed by atoms with Gasteiger partial charge in [0.25, 0.3) is 0 Å². The number of nitrogens with one attached hydrogen (secondary N) is 6. The predicted molar refractivity (Wildman–Crippen MR) is 163 cm³/mol. The van der Waals surface area contributed by atoms with Crippen LogP contribution < -0.4 is 20.8 Å². The van der Waals surface area contributed by atoms with Gasteiger partial charge in [-0.1, -0.05) is 0 Å². The third-order valence-corrected chi connectivity index (χ3v) is 4.31. The first-order valence-electron chi connectivity index (χ1n) is 13.3. The van der Waals surface area contributed by atoms with E-state index in [0.717, 1.165) is 12.4 Å². The Balaban J connectivity index is -0.000000520. The van der Waals surface area contributed by atoms with E-state index >= 15 is 0 Å². The number of H-pyrrole nitrogens is 2. The number of carboxylic acid groups (broad SMARTS) is 4. The van der Waals surface area contributed by atoms with Crippen molar-refractivity contribution < 1.29 is 56.7 Å². The van der Waals surface area contributed by atoms with Gasteiger partial charge in [-0.2, -0.15) is 0 Å². The minimum absolute atomic E-state index is 0. The molecular weight excluding hydrogens is 631 g/mol. The summed E-state index contributed by atoms with van der Waals surface area (Å²) in [6, 6.07) is 3.11. The molecule has 0 saturated heterocycles. The summed E-state index contributed by atoms with van der Waals surface area (Å²) < 4.78 is 0. The van der Waals surface area contributed by atoms with Crippen LogP contribution >= 0.6 is 0 Å². The molecule has 0 aliphatic rings. The van der Waals surface area contributed by atoms with Crippen molar-refractivity contribution in [3.05, 3.63) is 47.0 Å². The first-order chi connectivity index (χ1) is 20.4. The SMILES string of the molecule is CC(C)N=C(NC(C)C)C(=O)[O-].CC(C)N=C(NC(C)C)C(=O)[O-].N=Cc1cc[nH]c1C(=O)O.N=Cc1cc[nH]c1C(=O)O.[Mn+2]. The number of nitrogens with zero attached hydrogens (tertiary/aromatic N) is 2. The van der Waals surface area contributed by atoms with E-state index in [9.17, 15) is 29.4 Å². The van der Waals surface area contributed by atoms with E-state index in [4.69, 9.17) is 21.0 Å². The van der Waals surface area contributed by atoms with E-state index < -0.39 is 23.9 Å². The molecule has 0 saturated carbocycles. The molecule has 2 aromatic rings. The topological polar surface area (TPSA) is 283 Å². The monoisotopic (exact) mass is 673 g/mol. The number of aliphatic imine (C=N–C) groups is 2. The molecule has 0 amide bonds. The molecule has 0 unspecified atom stereocenters. The minimum Gasteiger partial charge on any atom is -0.542 e. The van der Waals surface area contributed by atoms with Crippen LogP contribution in [0.1, 0.15) is 87.5 Å². The van der Waals surface area contributed by atoms with E-state index in [0.29, 0.717) is 11.1 Å². The number of carbonyl (C=O) groups excluding carboxylic acids is 2. The van der Waals surface area contributed by atoms with Crippen molar-refractivity contribution in [1.29, 1.82) is 10.8 Å². The van der Waals surface area contributed by atoms with Crippen LogP contribution in [0.4, 0.5) is 0 Å². The number of rotatable bonds is 8. The molecule has 45 heavy (non-hydrogen) atoms. The van der Waals surface area contributed by atoms with Crippen LogP contribution in [0.5, 0.6) is 0 Å². The van der Waals surface area contributed by atoms with Crippen molar-refractivity contribution in [3.8, 4) is 0 Å². The number of aromatic nitrogens is 2. The van der Waals surface area contributed by atoms with Gasteiger partial charge < -0.3 is 61.4 Å². The molecule has 2 heterocycles. The molecule has 8 N–H and O–H groups in total. The third-order valence-electron chi connectivity index (χ3n) is 4.31. The summed E-state index contributed by atoms with van der Waals surface area (Å²) >= 11 is 0. The van der Waals surface area contributed by atoms with Crippen LogP contribution in [0.15, 0.2) is 34.5 Å². The van der Waals surface area contributed by atoms with Crippen LogP contribution in [-0.2, 0) is 26.7 Å². The summed E-state index contributed by atoms with van der Waals surface area (Å²) in [4.78, 5) is 54.3. The van der Waals surface area contributed by atoms with E-state index in [-0.39, 0.29) is 64.3 Å². The fraction of sp³-hybridized carbons (Fsp3) is 0.429. The molecule has 17 heteroatoms. The quantitative estimate of drug-likeness (QED) is 0.109. The van der Waals surface area contributed by atoms with Crippen molar-refractivity contribution >= 4 is 48.0 Å². The molecule has 0 aromatic carbocycles. The van der Waals surface area contributed by atoms with Crippen molar-refractivity contribution in [2.45, 2.75) is 79.6 Å². The van der Waals surface area contributed by atoms with E-state index in [2.05, 4.69) is 30.6 Å². The third kappa shape index (κ3) is 20.7. The molecule has 249 valence electrons. The number of carboxylic acids is 4. The van der Waals surface area contributed by atoms with Gasteiger partial charge in [0.15, 0.2) is 0 Å². The number of aliphatic carboxylic acids is 2. The molecule has 2 rings (SSSR count). The molecule has 0 bridgehead atoms. The molecule has 16 nitrogen and oxygen atoms in total. The van der Waals surface area contributed by atoms with Gasteiger partial charge in [0.1, 0.15) is 35.0 Å². The standard InChI is InChI=1S/2C8H16N2O2.2C6H6N2O2.Mn/c2*1-5(2)9-7(8(11)12)10-6(3)4;2*7-3-4-1-2-8-5(4)6(9)10;/h2*5-6H,1-4H3,(H,9,10)(H,11,12);2*1-3,7-8H,(H,9,10);/q;;;;+2/p-2. The Labute approximate surface area is 272 Å². The van der Waals surface area contributed by atoms with Gasteiger partial charge in [-0.15, -0.1) is 0 Å². The van der Waals surface area contributed by atoms with Crippen molar-refractivity contribution in [3.63, 3.8) is 0 Å². The Morgan fingerprint density at radius 3 is 1.16 bits per heavy atom. The summed E-state index contributed by atoms with van der Waals surface area (Å²) in [5.74, 6) is -4.72. The van der Waals surface area contributed by atoms with Crippen LogP contribution in [0, 0.1) is 10.8 Å². The first kappa shape index (κ1) is 44.7. The van der Waals surface area contributed by atoms with E-state index in [1.54, 1.807) is 0 Å². The molecule has 2 aromatic heterocycles. The second-order valence-corrected chi connectivity index (χ2v) is 9.83. The summed E-state index contributed by atoms with van der Waals surface area (Å²) in [5, 5.41) is 56.8. The maximum atomic E-state index is 10.5. The van der Waals surface area contributed by atoms with Crippen LogP contribution in [-0.4, -0.2) is 92.3 Å². The maximum Gasteiger partial charge on any atom is 2.00 e. The molecule has 0 spiro atoms. The maximum absolute atomic E-state index is 10.5. The first-order valence-corrected chi connectivity index (χ1v) is 13.3. The largest absolute Gasteiger partial charge is 2.00 e. The van der Waals surface area contributed by atoms with Crippen LogP contribution in [0.3, 0.4) is 0 Å². The molecule has 0 fully saturated rings. The van der Waals surface area contributed by atoms with Crippen molar-refractivity contribution in [2.75, 3.05) is 0 Å². The predicted octanol–water partition coefficient (Wildman–Crippen LogP) is 0.501. The summed E-state index contributed by atoms with van der Waals surface area (Å²) in [6.07, 6.45) is 4.98.